The number of aryl methyl sites for hydroxylation is 3. The maximum absolute atomic E-state index is 13.0. The molecule has 0 saturated heterocycles. The number of anilines is 3. The normalized spacial score (nSPS) is 14.7. The molecule has 0 spiro atoms. The van der Waals surface area contributed by atoms with Gasteiger partial charge < -0.3 is 105 Å². The average molecular weight is 1760 g/mol. The molecule has 35 heteroatoms. The second-order valence-electron chi connectivity index (χ2n) is 30.7. The third-order valence-electron chi connectivity index (χ3n) is 21.3. The Bertz CT molecular complexity index is 5240. The van der Waals surface area contributed by atoms with Gasteiger partial charge in [-0.05, 0) is 218 Å². The van der Waals surface area contributed by atoms with Crippen molar-refractivity contribution in [1.29, 1.82) is 0 Å². The topological polar surface area (TPSA) is 470 Å². The summed E-state index contributed by atoms with van der Waals surface area (Å²) in [6.07, 6.45) is -2.42. The van der Waals surface area contributed by atoms with Crippen molar-refractivity contribution >= 4 is 141 Å². The summed E-state index contributed by atoms with van der Waals surface area (Å²) in [4.78, 5) is 202. The lowest BCUT2D eigenvalue weighted by Crippen LogP contribution is -2.36. The van der Waals surface area contributed by atoms with Crippen LogP contribution in [-0.2, 0) is 87.6 Å². The summed E-state index contributed by atoms with van der Waals surface area (Å²) < 4.78 is 35.4. The van der Waals surface area contributed by atoms with Crippen LogP contribution in [0.1, 0.15) is 214 Å². The molecule has 3 aliphatic heterocycles. The highest BCUT2D eigenvalue weighted by molar-refractivity contribution is 6.36. The number of amides is 6. The number of nitrogens with one attached hydrogen (secondary N) is 9. The number of ether oxygens (including phenoxy) is 7. The number of fused-ring (bicyclic) bond motifs is 3. The SMILES string of the molecule is CCN(CC)CCNC(=O)c1c(C)[nH]c(/C=C2\C(=O)Nc3ccc(CC(=O)CCC(C)=O)cc32)c1C.CCN(CC)CCNC(=O)c1c(C)[nH]c(/C=C2\C(=O)Nc3ccc(OC(=O)C(C)OC(=O)C(C)OC(=O)C(C)O)cc32)c1C.CCN(CC)CCNC(=O)c1c(C)[nH]c(/C=C2\C(=O)Nc3ccc(OC(=O)C(C)OC(=O)C(C)OC(=O)C(C)OC(C)=O)cc32)c1C. The van der Waals surface area contributed by atoms with E-state index in [1.54, 1.807) is 64.1 Å². The summed E-state index contributed by atoms with van der Waals surface area (Å²) in [5, 5.41) is 26.6. The second kappa shape index (κ2) is 46.8. The van der Waals surface area contributed by atoms with Gasteiger partial charge in [-0.25, -0.2) is 28.8 Å². The van der Waals surface area contributed by atoms with Crippen molar-refractivity contribution in [1.82, 2.24) is 45.6 Å². The number of H-pyrrole nitrogens is 3. The molecular formula is C92H118N12O23. The minimum atomic E-state index is -1.42. The molecule has 3 aromatic heterocycles. The van der Waals surface area contributed by atoms with E-state index in [2.05, 4.69) is 103 Å². The van der Waals surface area contributed by atoms with E-state index in [1.807, 2.05) is 26.0 Å². The van der Waals surface area contributed by atoms with E-state index in [0.717, 1.165) is 82.6 Å². The molecule has 0 aliphatic carbocycles. The first kappa shape index (κ1) is 101. The molecule has 6 heterocycles. The zero-order valence-corrected chi connectivity index (χ0v) is 75.8. The smallest absolute Gasteiger partial charge is 0.352 e. The Kier molecular flexibility index (Phi) is 37.3. The molecular weight excluding hydrogens is 1640 g/mol. The van der Waals surface area contributed by atoms with E-state index in [4.69, 9.17) is 33.2 Å². The van der Waals surface area contributed by atoms with Crippen LogP contribution in [0.2, 0.25) is 0 Å². The van der Waals surface area contributed by atoms with Crippen molar-refractivity contribution < 1.29 is 110 Å². The Morgan fingerprint density at radius 1 is 0.402 bits per heavy atom. The number of carbonyl (C=O) groups is 15. The monoisotopic (exact) mass is 1760 g/mol. The first-order valence-corrected chi connectivity index (χ1v) is 42.3. The van der Waals surface area contributed by atoms with Crippen LogP contribution in [0.5, 0.6) is 11.5 Å². The molecule has 127 heavy (non-hydrogen) atoms. The van der Waals surface area contributed by atoms with E-state index in [-0.39, 0.29) is 83.3 Å². The van der Waals surface area contributed by atoms with Crippen molar-refractivity contribution in [2.45, 2.75) is 194 Å². The summed E-state index contributed by atoms with van der Waals surface area (Å²) in [5.74, 6) is -7.87. The first-order chi connectivity index (χ1) is 60.1. The fourth-order valence-electron chi connectivity index (χ4n) is 13.9. The summed E-state index contributed by atoms with van der Waals surface area (Å²) >= 11 is 0. The molecule has 684 valence electrons. The number of hydrogen-bond acceptors (Lipinski definition) is 26. The number of carbonyl (C=O) groups excluding carboxylic acids is 15. The number of likely N-dealkylation sites (N-methyl/N-ethyl adjacent to an activating group) is 3. The number of ketones is 2. The third kappa shape index (κ3) is 27.5. The van der Waals surface area contributed by atoms with Gasteiger partial charge in [0.25, 0.3) is 35.4 Å². The van der Waals surface area contributed by atoms with E-state index in [0.29, 0.717) is 121 Å². The molecule has 35 nitrogen and oxygen atoms in total. The standard InChI is InChI=1S/C33H42N4O10.C31H40N4O9.C28H36N4O4/c1-9-37(10-2)14-13-34-30(40)28-17(3)27(35-18(28)4)16-25-24-15-23(11-12-26(24)36-29(25)39)47-33(43)21(7)46-32(42)20(6)45-31(41)19(5)44-22(8)38;1-8-35(9-2)13-12-32-28(38)26-16(3)25(33-17(26)4)15-23-22-14-21(10-11-24(22)34-27(23)37)44-31(41)20(7)43-30(40)19(6)42-29(39)18(5)36;1-6-32(7-2)13-12-29-28(36)26-18(4)25(30-19(26)5)16-23-22-15-20(9-11-24(22)31-27(23)35)14-21(34)10-8-17(3)33/h11-12,15-16,19-21,35H,9-10,13-14H2,1-8H3,(H,34,40)(H,36,39);10-11,14-15,18-20,33,36H,8-9,12-13H2,1-7H3,(H,32,38)(H,34,37);9,11,15-16,30H,6-8,10,12-14H2,1-5H3,(H,29,36)(H,31,35)/b25-16-;23-15-;23-16-. The molecule has 6 unspecified atom stereocenters. The third-order valence-corrected chi connectivity index (χ3v) is 21.3. The quantitative estimate of drug-likeness (QED) is 0.00744. The van der Waals surface area contributed by atoms with Gasteiger partial charge in [-0.1, -0.05) is 47.6 Å². The van der Waals surface area contributed by atoms with Crippen LogP contribution >= 0.6 is 0 Å². The molecule has 0 radical (unpaired) electrons. The molecule has 0 bridgehead atoms. The van der Waals surface area contributed by atoms with Gasteiger partial charge in [-0.3, -0.25) is 38.4 Å². The minimum Gasteiger partial charge on any atom is -0.451 e. The number of aliphatic hydroxyl groups is 1. The van der Waals surface area contributed by atoms with Gasteiger partial charge in [0, 0.05) is 133 Å². The summed E-state index contributed by atoms with van der Waals surface area (Å²) in [7, 11) is 0. The lowest BCUT2D eigenvalue weighted by atomic mass is 9.98. The Morgan fingerprint density at radius 3 is 1.01 bits per heavy atom. The number of hydrogen-bond donors (Lipinski definition) is 10. The van der Waals surface area contributed by atoms with E-state index in [9.17, 15) is 77.0 Å². The van der Waals surface area contributed by atoms with Crippen LogP contribution in [0.25, 0.3) is 34.9 Å². The minimum absolute atomic E-state index is 0.00845. The van der Waals surface area contributed by atoms with Crippen LogP contribution in [0.4, 0.5) is 17.1 Å². The highest BCUT2D eigenvalue weighted by Gasteiger charge is 2.35. The highest BCUT2D eigenvalue weighted by Crippen LogP contribution is 2.40. The van der Waals surface area contributed by atoms with E-state index < -0.39 is 78.4 Å². The Labute approximate surface area is 737 Å². The average Bonchev–Trinajstić information content (AvgIpc) is 1.64. The van der Waals surface area contributed by atoms with Gasteiger partial charge in [-0.2, -0.15) is 0 Å². The van der Waals surface area contributed by atoms with Gasteiger partial charge >= 0.3 is 41.8 Å². The fraction of sp³-hybridized carbons (Fsp3) is 0.446. The van der Waals surface area contributed by atoms with Crippen molar-refractivity contribution in [3.05, 3.63) is 144 Å². The summed E-state index contributed by atoms with van der Waals surface area (Å²) in [6, 6.07) is 14.6. The molecule has 6 aromatic rings. The molecule has 6 atom stereocenters. The number of aliphatic hydroxyl groups excluding tert-OH is 1. The number of rotatable bonds is 39. The Hall–Kier alpha value is -13.0. The van der Waals surface area contributed by atoms with Crippen LogP contribution in [0, 0.1) is 41.5 Å². The number of Topliss-reactive ketones (excluding diaryl/α,β-unsaturated/α-hetero) is 2. The summed E-state index contributed by atoms with van der Waals surface area (Å²) in [6.45, 7) is 42.8. The largest absolute Gasteiger partial charge is 0.451 e. The Morgan fingerprint density at radius 2 is 0.701 bits per heavy atom. The highest BCUT2D eigenvalue weighted by atomic mass is 16.6. The zero-order chi connectivity index (χ0) is 94.1. The van der Waals surface area contributed by atoms with Crippen LogP contribution in [-0.4, -0.2) is 239 Å². The molecule has 3 aromatic carbocycles. The van der Waals surface area contributed by atoms with Crippen LogP contribution < -0.4 is 41.4 Å². The molecule has 0 fully saturated rings. The lowest BCUT2D eigenvalue weighted by molar-refractivity contribution is -0.180. The molecule has 3 aliphatic rings. The predicted molar refractivity (Wildman–Crippen MR) is 475 cm³/mol. The first-order valence-electron chi connectivity index (χ1n) is 42.3. The number of nitrogens with zero attached hydrogens (tertiary/aromatic N) is 3. The Balaban J connectivity index is 0.000000263. The van der Waals surface area contributed by atoms with Gasteiger partial charge in [0.1, 0.15) is 29.2 Å². The lowest BCUT2D eigenvalue weighted by Gasteiger charge is -2.18. The van der Waals surface area contributed by atoms with Crippen molar-refractivity contribution in [2.24, 2.45) is 0 Å². The van der Waals surface area contributed by atoms with Crippen molar-refractivity contribution in [3.8, 4) is 11.5 Å². The number of benzene rings is 3. The maximum atomic E-state index is 13.0. The number of aromatic amines is 3. The van der Waals surface area contributed by atoms with Gasteiger partial charge in [-0.15, -0.1) is 0 Å². The van der Waals surface area contributed by atoms with Crippen molar-refractivity contribution in [2.75, 3.05) is 94.5 Å². The van der Waals surface area contributed by atoms with E-state index >= 15 is 0 Å². The molecule has 9 rings (SSSR count). The molecule has 10 N–H and O–H groups in total. The number of aromatic nitrogens is 3. The predicted octanol–water partition coefficient (Wildman–Crippen LogP) is 8.94. The van der Waals surface area contributed by atoms with Crippen LogP contribution in [0.3, 0.4) is 0 Å². The second-order valence-corrected chi connectivity index (χ2v) is 30.7. The fourth-order valence-corrected chi connectivity index (χ4v) is 13.9. The van der Waals surface area contributed by atoms with Crippen molar-refractivity contribution in [3.63, 3.8) is 0 Å². The summed E-state index contributed by atoms with van der Waals surface area (Å²) in [5.41, 5.74) is 12.8. The van der Waals surface area contributed by atoms with Crippen LogP contribution in [0.15, 0.2) is 54.6 Å². The molecule has 0 saturated carbocycles. The van der Waals surface area contributed by atoms with Gasteiger partial charge in [0.05, 0.1) is 33.4 Å². The van der Waals surface area contributed by atoms with Gasteiger partial charge in [0.15, 0.2) is 30.5 Å². The van der Waals surface area contributed by atoms with Gasteiger partial charge in [0.2, 0.25) is 0 Å². The molecule has 6 amide bonds. The van der Waals surface area contributed by atoms with E-state index in [1.165, 1.54) is 72.7 Å². The number of esters is 7. The zero-order valence-electron chi connectivity index (χ0n) is 75.8. The maximum Gasteiger partial charge on any atom is 0.352 e.